The molecule has 0 saturated heterocycles. The fourth-order valence-electron chi connectivity index (χ4n) is 1.95. The largest absolute Gasteiger partial charge is 0.243 e. The first-order valence-electron chi connectivity index (χ1n) is 6.68. The Morgan fingerprint density at radius 3 is 2.47 bits per heavy atom. The average molecular weight is 348 g/mol. The molecule has 0 aromatic heterocycles. The van der Waals surface area contributed by atoms with E-state index in [9.17, 15) is 8.42 Å². The number of sulfonamides is 1. The van der Waals surface area contributed by atoms with Gasteiger partial charge in [-0.05, 0) is 36.6 Å². The van der Waals surface area contributed by atoms with Crippen LogP contribution < -0.4 is 0 Å². The van der Waals surface area contributed by atoms with E-state index >= 15 is 0 Å². The van der Waals surface area contributed by atoms with Crippen molar-refractivity contribution in [2.24, 2.45) is 0 Å². The molecule has 1 rings (SSSR count). The van der Waals surface area contributed by atoms with E-state index in [1.807, 2.05) is 13.0 Å². The number of aryl methyl sites for hydroxylation is 1. The molecule has 0 aliphatic carbocycles. The van der Waals surface area contributed by atoms with Crippen molar-refractivity contribution in [3.05, 3.63) is 28.2 Å². The number of benzene rings is 1. The van der Waals surface area contributed by atoms with Crippen LogP contribution in [-0.4, -0.2) is 26.3 Å². The minimum Gasteiger partial charge on any atom is -0.207 e. The summed E-state index contributed by atoms with van der Waals surface area (Å²) in [7, 11) is -1.71. The molecule has 0 spiro atoms. The van der Waals surface area contributed by atoms with Crippen molar-refractivity contribution in [1.82, 2.24) is 4.31 Å². The van der Waals surface area contributed by atoms with E-state index in [4.69, 9.17) is 0 Å². The van der Waals surface area contributed by atoms with Crippen LogP contribution in [0.25, 0.3) is 0 Å². The Balaban J connectivity index is 2.99. The van der Waals surface area contributed by atoms with Gasteiger partial charge in [-0.15, -0.1) is 0 Å². The molecule has 0 N–H and O–H groups in total. The SMILES string of the molecule is CCCCCN(C)S(=O)(=O)c1ccc(Br)cc1CC. The minimum atomic E-state index is -3.37. The Kier molecular flexibility index (Phi) is 6.50. The smallest absolute Gasteiger partial charge is 0.207 e. The van der Waals surface area contributed by atoms with E-state index in [2.05, 4.69) is 22.9 Å². The normalized spacial score (nSPS) is 12.1. The molecule has 5 heteroatoms. The summed E-state index contributed by atoms with van der Waals surface area (Å²) >= 11 is 3.38. The summed E-state index contributed by atoms with van der Waals surface area (Å²) in [5.74, 6) is 0. The van der Waals surface area contributed by atoms with E-state index in [-0.39, 0.29) is 0 Å². The highest BCUT2D eigenvalue weighted by molar-refractivity contribution is 9.10. The van der Waals surface area contributed by atoms with Gasteiger partial charge in [0.15, 0.2) is 0 Å². The van der Waals surface area contributed by atoms with Crippen molar-refractivity contribution in [2.75, 3.05) is 13.6 Å². The molecule has 0 unspecified atom stereocenters. The highest BCUT2D eigenvalue weighted by Gasteiger charge is 2.22. The third-order valence-electron chi connectivity index (χ3n) is 3.17. The highest BCUT2D eigenvalue weighted by Crippen LogP contribution is 2.24. The van der Waals surface area contributed by atoms with Gasteiger partial charge in [-0.25, -0.2) is 12.7 Å². The molecule has 1 aromatic carbocycles. The van der Waals surface area contributed by atoms with Gasteiger partial charge in [-0.2, -0.15) is 0 Å². The van der Waals surface area contributed by atoms with E-state index in [0.29, 0.717) is 17.9 Å². The zero-order chi connectivity index (χ0) is 14.5. The van der Waals surface area contributed by atoms with Gasteiger partial charge < -0.3 is 0 Å². The lowest BCUT2D eigenvalue weighted by molar-refractivity contribution is 0.453. The van der Waals surface area contributed by atoms with Gasteiger partial charge >= 0.3 is 0 Å². The van der Waals surface area contributed by atoms with Gasteiger partial charge in [0, 0.05) is 18.1 Å². The number of hydrogen-bond donors (Lipinski definition) is 0. The molecule has 3 nitrogen and oxygen atoms in total. The van der Waals surface area contributed by atoms with Crippen LogP contribution >= 0.6 is 15.9 Å². The fourth-order valence-corrected chi connectivity index (χ4v) is 3.84. The molecule has 108 valence electrons. The quantitative estimate of drug-likeness (QED) is 0.703. The Labute approximate surface area is 125 Å². The standard InChI is InChI=1S/C14H22BrNO2S/c1-4-6-7-10-16(3)19(17,18)14-9-8-13(15)11-12(14)5-2/h8-9,11H,4-7,10H2,1-3H3. The lowest BCUT2D eigenvalue weighted by Crippen LogP contribution is -2.28. The highest BCUT2D eigenvalue weighted by atomic mass is 79.9. The van der Waals surface area contributed by atoms with Crippen LogP contribution in [0.3, 0.4) is 0 Å². The molecule has 1 aromatic rings. The molecule has 0 atom stereocenters. The third-order valence-corrected chi connectivity index (χ3v) is 5.62. The maximum absolute atomic E-state index is 12.5. The first kappa shape index (κ1) is 16.7. The molecule has 0 radical (unpaired) electrons. The van der Waals surface area contributed by atoms with E-state index < -0.39 is 10.0 Å². The van der Waals surface area contributed by atoms with Crippen molar-refractivity contribution in [3.63, 3.8) is 0 Å². The fraction of sp³-hybridized carbons (Fsp3) is 0.571. The van der Waals surface area contributed by atoms with Gasteiger partial charge in [0.25, 0.3) is 0 Å². The maximum Gasteiger partial charge on any atom is 0.243 e. The van der Waals surface area contributed by atoms with E-state index in [1.54, 1.807) is 19.2 Å². The minimum absolute atomic E-state index is 0.428. The third kappa shape index (κ3) is 4.29. The summed E-state index contributed by atoms with van der Waals surface area (Å²) in [6, 6.07) is 5.35. The van der Waals surface area contributed by atoms with E-state index in [1.165, 1.54) is 4.31 Å². The summed E-state index contributed by atoms with van der Waals surface area (Å²) in [5, 5.41) is 0. The zero-order valence-electron chi connectivity index (χ0n) is 11.8. The van der Waals surface area contributed by atoms with Crippen molar-refractivity contribution in [2.45, 2.75) is 44.4 Å². The second-order valence-electron chi connectivity index (χ2n) is 4.64. The van der Waals surface area contributed by atoms with Crippen molar-refractivity contribution < 1.29 is 8.42 Å². The van der Waals surface area contributed by atoms with Crippen molar-refractivity contribution >= 4 is 26.0 Å². The Morgan fingerprint density at radius 2 is 1.89 bits per heavy atom. The zero-order valence-corrected chi connectivity index (χ0v) is 14.2. The molecule has 0 heterocycles. The van der Waals surface area contributed by atoms with Gasteiger partial charge in [0.05, 0.1) is 4.90 Å². The second-order valence-corrected chi connectivity index (χ2v) is 7.57. The van der Waals surface area contributed by atoms with Crippen molar-refractivity contribution in [3.8, 4) is 0 Å². The molecule has 0 amide bonds. The Bertz CT molecular complexity index is 514. The van der Waals surface area contributed by atoms with Gasteiger partial charge in [-0.3, -0.25) is 0 Å². The predicted octanol–water partition coefficient (Wildman–Crippen LogP) is 3.82. The maximum atomic E-state index is 12.5. The molecule has 19 heavy (non-hydrogen) atoms. The number of rotatable bonds is 7. The Morgan fingerprint density at radius 1 is 1.21 bits per heavy atom. The van der Waals surface area contributed by atoms with Crippen LogP contribution in [0.2, 0.25) is 0 Å². The lowest BCUT2D eigenvalue weighted by Gasteiger charge is -2.19. The summed E-state index contributed by atoms with van der Waals surface area (Å²) in [5.41, 5.74) is 0.858. The molecule has 0 fully saturated rings. The molecule has 0 saturated carbocycles. The summed E-state index contributed by atoms with van der Waals surface area (Å²) < 4.78 is 27.4. The molecule has 0 aliphatic heterocycles. The number of halogens is 1. The first-order chi connectivity index (χ1) is 8.93. The van der Waals surface area contributed by atoms with Crippen LogP contribution in [0, 0.1) is 0 Å². The number of hydrogen-bond acceptors (Lipinski definition) is 2. The Hall–Kier alpha value is -0.390. The average Bonchev–Trinajstić information content (AvgIpc) is 2.38. The van der Waals surface area contributed by atoms with Gasteiger partial charge in [-0.1, -0.05) is 42.6 Å². The van der Waals surface area contributed by atoms with Crippen LogP contribution in [0.15, 0.2) is 27.6 Å². The summed E-state index contributed by atoms with van der Waals surface area (Å²) in [4.78, 5) is 0.428. The lowest BCUT2D eigenvalue weighted by atomic mass is 10.2. The van der Waals surface area contributed by atoms with Crippen LogP contribution in [0.1, 0.15) is 38.7 Å². The van der Waals surface area contributed by atoms with Crippen LogP contribution in [-0.2, 0) is 16.4 Å². The second kappa shape index (κ2) is 7.41. The van der Waals surface area contributed by atoms with Gasteiger partial charge in [0.2, 0.25) is 10.0 Å². The van der Waals surface area contributed by atoms with Crippen molar-refractivity contribution in [1.29, 1.82) is 0 Å². The number of unbranched alkanes of at least 4 members (excludes halogenated alkanes) is 2. The van der Waals surface area contributed by atoms with E-state index in [0.717, 1.165) is 29.3 Å². The van der Waals surface area contributed by atoms with Crippen LogP contribution in [0.4, 0.5) is 0 Å². The molecular weight excluding hydrogens is 326 g/mol. The van der Waals surface area contributed by atoms with Gasteiger partial charge in [0.1, 0.15) is 0 Å². The predicted molar refractivity (Wildman–Crippen MR) is 82.9 cm³/mol. The number of nitrogens with zero attached hydrogens (tertiary/aromatic N) is 1. The van der Waals surface area contributed by atoms with Crippen LogP contribution in [0.5, 0.6) is 0 Å². The topological polar surface area (TPSA) is 37.4 Å². The summed E-state index contributed by atoms with van der Waals surface area (Å²) in [6.07, 6.45) is 3.76. The molecule has 0 bridgehead atoms. The molecular formula is C14H22BrNO2S. The monoisotopic (exact) mass is 347 g/mol. The first-order valence-corrected chi connectivity index (χ1v) is 8.91. The summed E-state index contributed by atoms with van der Waals surface area (Å²) in [6.45, 7) is 4.66. The molecule has 0 aliphatic rings.